The summed E-state index contributed by atoms with van der Waals surface area (Å²) < 4.78 is 31.7. The van der Waals surface area contributed by atoms with Crippen molar-refractivity contribution < 1.29 is 27.9 Å². The Bertz CT molecular complexity index is 693. The lowest BCUT2D eigenvalue weighted by atomic mass is 10.1. The van der Waals surface area contributed by atoms with Crippen LogP contribution in [-0.4, -0.2) is 65.9 Å². The summed E-state index contributed by atoms with van der Waals surface area (Å²) in [5.74, 6) is -0.975. The van der Waals surface area contributed by atoms with Crippen molar-refractivity contribution in [1.29, 1.82) is 0 Å². The Morgan fingerprint density at radius 3 is 2.36 bits per heavy atom. The van der Waals surface area contributed by atoms with E-state index in [0.717, 1.165) is 43.5 Å². The first-order chi connectivity index (χ1) is 13.2. The first-order valence-electron chi connectivity index (χ1n) is 9.15. The Balaban J connectivity index is 0.000000345. The number of aromatic nitrogens is 2. The summed E-state index contributed by atoms with van der Waals surface area (Å²) in [5.41, 5.74) is 1.05. The minimum Gasteiger partial charge on any atom is -0.475 e. The zero-order valence-electron chi connectivity index (χ0n) is 15.6. The van der Waals surface area contributed by atoms with Gasteiger partial charge in [0.05, 0.1) is 6.54 Å². The molecule has 0 aromatic carbocycles. The number of hydrogen-bond acceptors (Lipinski definition) is 6. The number of piperidine rings is 1. The number of rotatable bonds is 3. The van der Waals surface area contributed by atoms with Gasteiger partial charge >= 0.3 is 12.1 Å². The van der Waals surface area contributed by atoms with Gasteiger partial charge in [-0.25, -0.2) is 9.78 Å². The van der Waals surface area contributed by atoms with Crippen molar-refractivity contribution in [1.82, 2.24) is 15.3 Å². The minimum absolute atomic E-state index is 0.0671. The molecule has 0 unspecified atom stereocenters. The number of carbonyl (C=O) groups is 2. The van der Waals surface area contributed by atoms with Crippen LogP contribution >= 0.6 is 0 Å². The summed E-state index contributed by atoms with van der Waals surface area (Å²) in [6, 6.07) is 2.02. The van der Waals surface area contributed by atoms with Crippen molar-refractivity contribution in [2.24, 2.45) is 0 Å². The molecule has 2 aliphatic rings. The highest BCUT2D eigenvalue weighted by molar-refractivity contribution is 5.82. The quantitative estimate of drug-likeness (QED) is 0.791. The smallest absolute Gasteiger partial charge is 0.475 e. The predicted molar refractivity (Wildman–Crippen MR) is 96.4 cm³/mol. The molecule has 3 heterocycles. The molecule has 0 aliphatic carbocycles. The summed E-state index contributed by atoms with van der Waals surface area (Å²) in [6.45, 7) is 6.06. The van der Waals surface area contributed by atoms with Gasteiger partial charge in [-0.15, -0.1) is 0 Å². The molecule has 0 radical (unpaired) electrons. The highest BCUT2D eigenvalue weighted by Crippen LogP contribution is 2.21. The van der Waals surface area contributed by atoms with Crippen LogP contribution in [-0.2, 0) is 16.0 Å². The number of halogens is 3. The van der Waals surface area contributed by atoms with Gasteiger partial charge in [0.1, 0.15) is 5.82 Å². The number of nitrogens with zero attached hydrogens (tertiary/aromatic N) is 4. The molecule has 0 spiro atoms. The third-order valence-electron chi connectivity index (χ3n) is 4.36. The Morgan fingerprint density at radius 2 is 1.82 bits per heavy atom. The third kappa shape index (κ3) is 6.24. The molecular weight excluding hydrogens is 379 g/mol. The molecule has 0 bridgehead atoms. The SMILES string of the molecule is CCc1cc(N2CCNC(=O)C2)nc(N2CCCCC2)n1.O=C(O)C(F)(F)F. The number of carboxylic acid groups (broad SMARTS) is 1. The highest BCUT2D eigenvalue weighted by atomic mass is 19.4. The van der Waals surface area contributed by atoms with Crippen molar-refractivity contribution in [3.63, 3.8) is 0 Å². The van der Waals surface area contributed by atoms with E-state index in [1.807, 2.05) is 11.0 Å². The normalized spacial score (nSPS) is 17.5. The maximum absolute atomic E-state index is 11.6. The van der Waals surface area contributed by atoms with Crippen LogP contribution in [0.3, 0.4) is 0 Å². The molecule has 28 heavy (non-hydrogen) atoms. The number of piperazine rings is 1. The molecule has 3 rings (SSSR count). The average Bonchev–Trinajstić information content (AvgIpc) is 2.68. The van der Waals surface area contributed by atoms with E-state index >= 15 is 0 Å². The third-order valence-corrected chi connectivity index (χ3v) is 4.36. The van der Waals surface area contributed by atoms with Crippen LogP contribution < -0.4 is 15.1 Å². The Labute approximate surface area is 160 Å². The maximum atomic E-state index is 11.6. The van der Waals surface area contributed by atoms with E-state index in [-0.39, 0.29) is 5.91 Å². The van der Waals surface area contributed by atoms with Crippen LogP contribution in [0.1, 0.15) is 31.9 Å². The van der Waals surface area contributed by atoms with Gasteiger partial charge in [0, 0.05) is 37.9 Å². The first-order valence-corrected chi connectivity index (χ1v) is 9.15. The summed E-state index contributed by atoms with van der Waals surface area (Å²) in [4.78, 5) is 34.2. The molecular formula is C17H24F3N5O3. The Kier molecular flexibility index (Phi) is 7.41. The largest absolute Gasteiger partial charge is 0.490 e. The number of alkyl halides is 3. The van der Waals surface area contributed by atoms with Gasteiger partial charge in [-0.05, 0) is 25.7 Å². The topological polar surface area (TPSA) is 98.7 Å². The van der Waals surface area contributed by atoms with Crippen molar-refractivity contribution in [3.8, 4) is 0 Å². The lowest BCUT2D eigenvalue weighted by Crippen LogP contribution is -2.48. The van der Waals surface area contributed by atoms with Crippen molar-refractivity contribution in [2.45, 2.75) is 38.8 Å². The fourth-order valence-corrected chi connectivity index (χ4v) is 2.88. The first kappa shape index (κ1) is 21.7. The van der Waals surface area contributed by atoms with Crippen LogP contribution in [0.5, 0.6) is 0 Å². The maximum Gasteiger partial charge on any atom is 0.490 e. The number of carboxylic acids is 1. The second-order valence-corrected chi connectivity index (χ2v) is 6.49. The van der Waals surface area contributed by atoms with Gasteiger partial charge in [0.25, 0.3) is 0 Å². The molecule has 11 heteroatoms. The number of anilines is 2. The summed E-state index contributed by atoms with van der Waals surface area (Å²) >= 11 is 0. The molecule has 0 atom stereocenters. The molecule has 1 amide bonds. The number of hydrogen-bond donors (Lipinski definition) is 2. The lowest BCUT2D eigenvalue weighted by molar-refractivity contribution is -0.192. The number of carbonyl (C=O) groups excluding carboxylic acids is 1. The van der Waals surface area contributed by atoms with Crippen LogP contribution in [0, 0.1) is 0 Å². The predicted octanol–water partition coefficient (Wildman–Crippen LogP) is 1.60. The summed E-state index contributed by atoms with van der Waals surface area (Å²) in [5, 5.41) is 9.98. The Hall–Kier alpha value is -2.59. The zero-order chi connectivity index (χ0) is 20.7. The highest BCUT2D eigenvalue weighted by Gasteiger charge is 2.38. The van der Waals surface area contributed by atoms with Gasteiger partial charge in [-0.2, -0.15) is 18.2 Å². The molecule has 1 aromatic heterocycles. The van der Waals surface area contributed by atoms with E-state index in [1.165, 1.54) is 19.3 Å². The second-order valence-electron chi connectivity index (χ2n) is 6.49. The molecule has 2 N–H and O–H groups in total. The van der Waals surface area contributed by atoms with Gasteiger partial charge in [-0.1, -0.05) is 6.92 Å². The van der Waals surface area contributed by atoms with Gasteiger partial charge < -0.3 is 20.2 Å². The monoisotopic (exact) mass is 403 g/mol. The molecule has 2 fully saturated rings. The van der Waals surface area contributed by atoms with Crippen molar-refractivity contribution >= 4 is 23.6 Å². The summed E-state index contributed by atoms with van der Waals surface area (Å²) in [7, 11) is 0. The number of nitrogens with one attached hydrogen (secondary N) is 1. The fraction of sp³-hybridized carbons (Fsp3) is 0.647. The molecule has 2 saturated heterocycles. The molecule has 156 valence electrons. The van der Waals surface area contributed by atoms with Crippen LogP contribution in [0.15, 0.2) is 6.07 Å². The van der Waals surface area contributed by atoms with E-state index in [4.69, 9.17) is 14.9 Å². The van der Waals surface area contributed by atoms with E-state index in [9.17, 15) is 18.0 Å². The number of aryl methyl sites for hydroxylation is 1. The van der Waals surface area contributed by atoms with Crippen LogP contribution in [0.25, 0.3) is 0 Å². The fourth-order valence-electron chi connectivity index (χ4n) is 2.88. The van der Waals surface area contributed by atoms with Gasteiger partial charge in [0.2, 0.25) is 11.9 Å². The lowest BCUT2D eigenvalue weighted by Gasteiger charge is -2.30. The van der Waals surface area contributed by atoms with Crippen molar-refractivity contribution in [2.75, 3.05) is 42.5 Å². The second kappa shape index (κ2) is 9.56. The van der Waals surface area contributed by atoms with Gasteiger partial charge in [-0.3, -0.25) is 4.79 Å². The average molecular weight is 403 g/mol. The molecule has 1 aromatic rings. The number of amides is 1. The van der Waals surface area contributed by atoms with E-state index in [1.54, 1.807) is 0 Å². The number of aliphatic carboxylic acids is 1. The molecule has 2 aliphatic heterocycles. The van der Waals surface area contributed by atoms with E-state index in [2.05, 4.69) is 22.1 Å². The Morgan fingerprint density at radius 1 is 1.18 bits per heavy atom. The zero-order valence-corrected chi connectivity index (χ0v) is 15.6. The summed E-state index contributed by atoms with van der Waals surface area (Å²) in [6.07, 6.45) is -0.484. The molecule has 8 nitrogen and oxygen atoms in total. The van der Waals surface area contributed by atoms with Crippen LogP contribution in [0.4, 0.5) is 24.9 Å². The van der Waals surface area contributed by atoms with Crippen LogP contribution in [0.2, 0.25) is 0 Å². The van der Waals surface area contributed by atoms with E-state index < -0.39 is 12.1 Å². The molecule has 0 saturated carbocycles. The standard InChI is InChI=1S/C15H23N5O.C2HF3O2/c1-2-12-10-13(20-9-6-16-14(21)11-20)18-15(17-12)19-7-4-3-5-8-19;3-2(4,5)1(6)7/h10H,2-9,11H2,1H3,(H,16,21);(H,6,7). The minimum atomic E-state index is -5.08. The van der Waals surface area contributed by atoms with Gasteiger partial charge in [0.15, 0.2) is 0 Å². The van der Waals surface area contributed by atoms with E-state index in [0.29, 0.717) is 13.1 Å². The van der Waals surface area contributed by atoms with Crippen molar-refractivity contribution in [3.05, 3.63) is 11.8 Å².